The lowest BCUT2D eigenvalue weighted by molar-refractivity contribution is 0.251. The second kappa shape index (κ2) is 7.83. The van der Waals surface area contributed by atoms with E-state index in [0.29, 0.717) is 16.5 Å². The van der Waals surface area contributed by atoms with Crippen molar-refractivity contribution in [3.63, 3.8) is 0 Å². The molecule has 0 unspecified atom stereocenters. The first-order chi connectivity index (χ1) is 12.5. The highest BCUT2D eigenvalue weighted by Gasteiger charge is 2.12. The first-order valence-electron chi connectivity index (χ1n) is 7.89. The Balaban J connectivity index is 1.60. The summed E-state index contributed by atoms with van der Waals surface area (Å²) in [7, 11) is 1.65. The van der Waals surface area contributed by atoms with Gasteiger partial charge in [0.15, 0.2) is 5.82 Å². The van der Waals surface area contributed by atoms with Gasteiger partial charge in [0, 0.05) is 42.3 Å². The zero-order valence-corrected chi connectivity index (χ0v) is 14.8. The molecule has 1 aromatic carbocycles. The molecular weight excluding hydrogens is 356 g/mol. The average Bonchev–Trinajstić information content (AvgIpc) is 2.91. The van der Waals surface area contributed by atoms with Crippen LogP contribution in [-0.2, 0) is 13.6 Å². The van der Waals surface area contributed by atoms with Crippen LogP contribution >= 0.6 is 11.6 Å². The Hall–Kier alpha value is -3.13. The second-order valence-corrected chi connectivity index (χ2v) is 5.96. The van der Waals surface area contributed by atoms with E-state index >= 15 is 0 Å². The molecule has 2 heterocycles. The Morgan fingerprint density at radius 2 is 2.12 bits per heavy atom. The number of aromatic nitrogens is 4. The van der Waals surface area contributed by atoms with E-state index in [2.05, 4.69) is 20.7 Å². The molecule has 2 amide bonds. The lowest BCUT2D eigenvalue weighted by atomic mass is 10.3. The van der Waals surface area contributed by atoms with Gasteiger partial charge in [0.25, 0.3) is 0 Å². The van der Waals surface area contributed by atoms with Gasteiger partial charge in [-0.15, -0.1) is 5.10 Å². The highest BCUT2D eigenvalue weighted by Crippen LogP contribution is 2.14. The van der Waals surface area contributed by atoms with Gasteiger partial charge in [-0.3, -0.25) is 9.55 Å². The van der Waals surface area contributed by atoms with E-state index in [1.165, 1.54) is 9.25 Å². The van der Waals surface area contributed by atoms with Crippen molar-refractivity contribution in [2.75, 3.05) is 11.9 Å². The lowest BCUT2D eigenvalue weighted by Gasteiger charge is -2.07. The van der Waals surface area contributed by atoms with Gasteiger partial charge in [0.05, 0.1) is 6.54 Å². The minimum Gasteiger partial charge on any atom is -0.336 e. The maximum Gasteiger partial charge on any atom is 0.345 e. The van der Waals surface area contributed by atoms with E-state index in [-0.39, 0.29) is 24.8 Å². The highest BCUT2D eigenvalue weighted by atomic mass is 35.5. The maximum atomic E-state index is 12.3. The van der Waals surface area contributed by atoms with Crippen molar-refractivity contribution in [3.05, 3.63) is 64.3 Å². The number of urea groups is 1. The predicted molar refractivity (Wildman–Crippen MR) is 99.2 cm³/mol. The van der Waals surface area contributed by atoms with Gasteiger partial charge in [-0.25, -0.2) is 14.3 Å². The van der Waals surface area contributed by atoms with E-state index in [0.717, 1.165) is 5.56 Å². The number of amides is 2. The summed E-state index contributed by atoms with van der Waals surface area (Å²) in [5.41, 5.74) is 1.07. The highest BCUT2D eigenvalue weighted by molar-refractivity contribution is 6.30. The standard InChI is InChI=1S/C17H17ClN6O2/c1-23-15(12-4-3-7-19-11-12)22-24(17(23)26)9-8-20-16(25)21-14-6-2-5-13(18)10-14/h2-7,10-11H,8-9H2,1H3,(H2,20,21,25). The summed E-state index contributed by atoms with van der Waals surface area (Å²) in [4.78, 5) is 28.2. The number of carbonyl (C=O) groups is 1. The van der Waals surface area contributed by atoms with Crippen LogP contribution in [0, 0.1) is 0 Å². The fourth-order valence-corrected chi connectivity index (χ4v) is 2.59. The number of nitrogens with one attached hydrogen (secondary N) is 2. The number of carbonyl (C=O) groups excluding carboxylic acids is 1. The molecule has 3 aromatic rings. The van der Waals surface area contributed by atoms with Gasteiger partial charge in [-0.1, -0.05) is 17.7 Å². The Labute approximate surface area is 154 Å². The molecule has 0 bridgehead atoms. The van der Waals surface area contributed by atoms with E-state index in [4.69, 9.17) is 11.6 Å². The molecule has 8 nitrogen and oxygen atoms in total. The molecule has 0 aliphatic rings. The van der Waals surface area contributed by atoms with Gasteiger partial charge in [0.1, 0.15) is 0 Å². The van der Waals surface area contributed by atoms with Gasteiger partial charge < -0.3 is 10.6 Å². The molecule has 0 atom stereocenters. The van der Waals surface area contributed by atoms with Gasteiger partial charge >= 0.3 is 11.7 Å². The molecule has 2 aromatic heterocycles. The lowest BCUT2D eigenvalue weighted by Crippen LogP contribution is -2.34. The Kier molecular flexibility index (Phi) is 5.33. The van der Waals surface area contributed by atoms with Crippen LogP contribution in [-0.4, -0.2) is 31.9 Å². The molecule has 0 aliphatic carbocycles. The number of halogens is 1. The summed E-state index contributed by atoms with van der Waals surface area (Å²) in [6, 6.07) is 10.1. The molecule has 9 heteroatoms. The zero-order valence-electron chi connectivity index (χ0n) is 14.0. The summed E-state index contributed by atoms with van der Waals surface area (Å²) in [6.07, 6.45) is 3.30. The van der Waals surface area contributed by atoms with E-state index in [1.54, 1.807) is 49.8 Å². The smallest absolute Gasteiger partial charge is 0.336 e. The van der Waals surface area contributed by atoms with Crippen molar-refractivity contribution >= 4 is 23.3 Å². The SMILES string of the molecule is Cn1c(-c2cccnc2)nn(CCNC(=O)Nc2cccc(Cl)c2)c1=O. The van der Waals surface area contributed by atoms with Crippen molar-refractivity contribution in [3.8, 4) is 11.4 Å². The fourth-order valence-electron chi connectivity index (χ4n) is 2.40. The van der Waals surface area contributed by atoms with Gasteiger partial charge in [-0.05, 0) is 30.3 Å². The molecule has 134 valence electrons. The van der Waals surface area contributed by atoms with Crippen LogP contribution in [0.2, 0.25) is 5.02 Å². The monoisotopic (exact) mass is 372 g/mol. The third kappa shape index (κ3) is 4.09. The summed E-state index contributed by atoms with van der Waals surface area (Å²) in [6.45, 7) is 0.492. The van der Waals surface area contributed by atoms with Crippen LogP contribution in [0.25, 0.3) is 11.4 Å². The van der Waals surface area contributed by atoms with Gasteiger partial charge in [0.2, 0.25) is 0 Å². The van der Waals surface area contributed by atoms with E-state index < -0.39 is 0 Å². The van der Waals surface area contributed by atoms with Crippen LogP contribution in [0.4, 0.5) is 10.5 Å². The summed E-state index contributed by atoms with van der Waals surface area (Å²) in [5, 5.41) is 10.2. The Morgan fingerprint density at radius 3 is 2.85 bits per heavy atom. The molecule has 0 saturated heterocycles. The van der Waals surface area contributed by atoms with Crippen LogP contribution in [0.15, 0.2) is 53.6 Å². The molecule has 0 fully saturated rings. The number of nitrogens with zero attached hydrogens (tertiary/aromatic N) is 4. The molecule has 3 rings (SSSR count). The van der Waals surface area contributed by atoms with Crippen molar-refractivity contribution in [1.29, 1.82) is 0 Å². The maximum absolute atomic E-state index is 12.3. The largest absolute Gasteiger partial charge is 0.345 e. The number of rotatable bonds is 5. The second-order valence-electron chi connectivity index (χ2n) is 5.52. The zero-order chi connectivity index (χ0) is 18.5. The van der Waals surface area contributed by atoms with Crippen molar-refractivity contribution < 1.29 is 4.79 Å². The van der Waals surface area contributed by atoms with Crippen molar-refractivity contribution in [2.24, 2.45) is 7.05 Å². The number of benzene rings is 1. The average molecular weight is 373 g/mol. The molecular formula is C17H17ClN6O2. The molecule has 0 saturated carbocycles. The number of pyridine rings is 1. The van der Waals surface area contributed by atoms with Crippen molar-refractivity contribution in [1.82, 2.24) is 24.6 Å². The van der Waals surface area contributed by atoms with Gasteiger partial charge in [-0.2, -0.15) is 0 Å². The molecule has 2 N–H and O–H groups in total. The molecule has 0 radical (unpaired) electrons. The molecule has 26 heavy (non-hydrogen) atoms. The first-order valence-corrected chi connectivity index (χ1v) is 8.27. The Bertz CT molecular complexity index is 967. The van der Waals surface area contributed by atoms with E-state index in [1.807, 2.05) is 6.07 Å². The topological polar surface area (TPSA) is 93.8 Å². The first kappa shape index (κ1) is 17.7. The minimum atomic E-state index is -0.385. The third-order valence-electron chi connectivity index (χ3n) is 3.65. The third-order valence-corrected chi connectivity index (χ3v) is 3.89. The minimum absolute atomic E-state index is 0.246. The normalized spacial score (nSPS) is 10.5. The summed E-state index contributed by atoms with van der Waals surface area (Å²) >= 11 is 5.87. The predicted octanol–water partition coefficient (Wildman–Crippen LogP) is 2.12. The quantitative estimate of drug-likeness (QED) is 0.717. The Morgan fingerprint density at radius 1 is 1.27 bits per heavy atom. The van der Waals surface area contributed by atoms with Crippen LogP contribution in [0.3, 0.4) is 0 Å². The van der Waals surface area contributed by atoms with Crippen LogP contribution in [0.1, 0.15) is 0 Å². The van der Waals surface area contributed by atoms with Crippen molar-refractivity contribution in [2.45, 2.75) is 6.54 Å². The van der Waals surface area contributed by atoms with Crippen LogP contribution in [0.5, 0.6) is 0 Å². The molecule has 0 aliphatic heterocycles. The number of hydrogen-bond acceptors (Lipinski definition) is 4. The fraction of sp³-hybridized carbons (Fsp3) is 0.176. The number of hydrogen-bond donors (Lipinski definition) is 2. The summed E-state index contributed by atoms with van der Waals surface area (Å²) < 4.78 is 2.76. The summed E-state index contributed by atoms with van der Waals surface area (Å²) in [5.74, 6) is 0.520. The molecule has 0 spiro atoms. The van der Waals surface area contributed by atoms with Crippen LogP contribution < -0.4 is 16.3 Å². The van der Waals surface area contributed by atoms with E-state index in [9.17, 15) is 9.59 Å². The number of anilines is 1.